The average Bonchev–Trinajstić information content (AvgIpc) is 2.71. The Kier molecular flexibility index (Phi) is 4.92. The Morgan fingerprint density at radius 1 is 1.18 bits per heavy atom. The van der Waals surface area contributed by atoms with E-state index in [-0.39, 0.29) is 24.4 Å². The van der Waals surface area contributed by atoms with Crippen molar-refractivity contribution in [2.45, 2.75) is 26.3 Å². The zero-order valence-electron chi connectivity index (χ0n) is 12.8. The molecule has 2 amide bonds. The van der Waals surface area contributed by atoms with E-state index >= 15 is 0 Å². The highest BCUT2D eigenvalue weighted by Crippen LogP contribution is 2.22. The summed E-state index contributed by atoms with van der Waals surface area (Å²) in [7, 11) is 0. The number of carbonyl (C=O) groups is 3. The second-order valence-corrected chi connectivity index (χ2v) is 5.62. The Hall–Kier alpha value is -2.21. The van der Waals surface area contributed by atoms with Gasteiger partial charge in [0.25, 0.3) is 11.8 Å². The molecule has 1 aromatic rings. The highest BCUT2D eigenvalue weighted by atomic mass is 16.4. The monoisotopic (exact) mass is 304 g/mol. The molecule has 22 heavy (non-hydrogen) atoms. The maximum absolute atomic E-state index is 12.2. The molecule has 1 aliphatic heterocycles. The molecule has 2 rings (SSSR count). The van der Waals surface area contributed by atoms with Gasteiger partial charge in [0, 0.05) is 19.1 Å². The molecule has 0 atom stereocenters. The Labute approximate surface area is 129 Å². The van der Waals surface area contributed by atoms with E-state index in [9.17, 15) is 14.4 Å². The first-order chi connectivity index (χ1) is 10.4. The average molecular weight is 304 g/mol. The number of hydrogen-bond acceptors (Lipinski definition) is 4. The van der Waals surface area contributed by atoms with Gasteiger partial charge >= 0.3 is 5.97 Å². The second-order valence-electron chi connectivity index (χ2n) is 5.62. The predicted octanol–water partition coefficient (Wildman–Crippen LogP) is 1.47. The zero-order chi connectivity index (χ0) is 16.3. The van der Waals surface area contributed by atoms with Gasteiger partial charge in [0.2, 0.25) is 0 Å². The smallest absolute Gasteiger partial charge is 0.317 e. The van der Waals surface area contributed by atoms with Crippen LogP contribution in [0.25, 0.3) is 0 Å². The van der Waals surface area contributed by atoms with Gasteiger partial charge in [-0.2, -0.15) is 0 Å². The van der Waals surface area contributed by atoms with Gasteiger partial charge in [-0.25, -0.2) is 0 Å². The van der Waals surface area contributed by atoms with Crippen LogP contribution in [0.1, 0.15) is 41.0 Å². The topological polar surface area (TPSA) is 77.9 Å². The van der Waals surface area contributed by atoms with Crippen LogP contribution in [0.2, 0.25) is 0 Å². The molecule has 0 spiro atoms. The third-order valence-corrected chi connectivity index (χ3v) is 3.77. The maximum atomic E-state index is 12.2. The summed E-state index contributed by atoms with van der Waals surface area (Å²) in [6, 6.07) is 6.88. The molecule has 6 heteroatoms. The first-order valence-corrected chi connectivity index (χ1v) is 7.33. The third-order valence-electron chi connectivity index (χ3n) is 3.77. The molecule has 6 nitrogen and oxygen atoms in total. The summed E-state index contributed by atoms with van der Waals surface area (Å²) in [6.07, 6.45) is 0.553. The number of nitrogens with zero attached hydrogens (tertiary/aromatic N) is 2. The Morgan fingerprint density at radius 3 is 2.18 bits per heavy atom. The normalized spacial score (nSPS) is 14.1. The number of carboxylic acids is 1. The molecule has 0 saturated heterocycles. The summed E-state index contributed by atoms with van der Waals surface area (Å²) in [6.45, 7) is 4.63. The Balaban J connectivity index is 1.94. The number of carboxylic acid groups (broad SMARTS) is 1. The summed E-state index contributed by atoms with van der Waals surface area (Å²) in [5, 5.41) is 8.89. The number of benzene rings is 1. The standard InChI is InChI=1S/C16H20N2O4/c1-11(2)17(10-14(19)20)8-5-9-18-15(21)12-6-3-4-7-13(12)16(18)22/h3-4,6-7,11H,5,8-10H2,1-2H3,(H,19,20). The quantitative estimate of drug-likeness (QED) is 0.772. The number of carbonyl (C=O) groups excluding carboxylic acids is 2. The molecule has 0 unspecified atom stereocenters. The minimum absolute atomic E-state index is 0.0419. The van der Waals surface area contributed by atoms with Gasteiger partial charge in [-0.3, -0.25) is 24.2 Å². The van der Waals surface area contributed by atoms with Crippen LogP contribution in [0, 0.1) is 0 Å². The lowest BCUT2D eigenvalue weighted by Crippen LogP contribution is -2.38. The molecule has 0 radical (unpaired) electrons. The highest BCUT2D eigenvalue weighted by Gasteiger charge is 2.34. The summed E-state index contributed by atoms with van der Waals surface area (Å²) < 4.78 is 0. The van der Waals surface area contributed by atoms with E-state index in [1.165, 1.54) is 4.90 Å². The van der Waals surface area contributed by atoms with Crippen molar-refractivity contribution in [1.82, 2.24) is 9.80 Å². The van der Waals surface area contributed by atoms with Gasteiger partial charge in [0.15, 0.2) is 0 Å². The van der Waals surface area contributed by atoms with Crippen LogP contribution in [-0.4, -0.2) is 58.4 Å². The maximum Gasteiger partial charge on any atom is 0.317 e. The number of fused-ring (bicyclic) bond motifs is 1. The van der Waals surface area contributed by atoms with E-state index in [2.05, 4.69) is 0 Å². The third kappa shape index (κ3) is 3.33. The molecule has 1 heterocycles. The molecule has 1 N–H and O–H groups in total. The van der Waals surface area contributed by atoms with Crippen molar-refractivity contribution in [2.75, 3.05) is 19.6 Å². The molecular formula is C16H20N2O4. The first kappa shape index (κ1) is 16.2. The molecule has 0 bridgehead atoms. The van der Waals surface area contributed by atoms with E-state index in [0.29, 0.717) is 30.6 Å². The first-order valence-electron chi connectivity index (χ1n) is 7.33. The van der Waals surface area contributed by atoms with Crippen LogP contribution in [0.5, 0.6) is 0 Å². The van der Waals surface area contributed by atoms with Gasteiger partial charge < -0.3 is 5.11 Å². The van der Waals surface area contributed by atoms with Crippen molar-refractivity contribution in [1.29, 1.82) is 0 Å². The van der Waals surface area contributed by atoms with Crippen LogP contribution in [-0.2, 0) is 4.79 Å². The van der Waals surface area contributed by atoms with Crippen molar-refractivity contribution < 1.29 is 19.5 Å². The fourth-order valence-corrected chi connectivity index (χ4v) is 2.57. The van der Waals surface area contributed by atoms with Crippen molar-refractivity contribution in [3.63, 3.8) is 0 Å². The summed E-state index contributed by atoms with van der Waals surface area (Å²) in [4.78, 5) is 38.3. The molecular weight excluding hydrogens is 284 g/mol. The summed E-state index contributed by atoms with van der Waals surface area (Å²) in [5.74, 6) is -1.42. The van der Waals surface area contributed by atoms with Gasteiger partial charge in [-0.15, -0.1) is 0 Å². The largest absolute Gasteiger partial charge is 0.480 e. The zero-order valence-corrected chi connectivity index (χ0v) is 12.8. The SMILES string of the molecule is CC(C)N(CCCN1C(=O)c2ccccc2C1=O)CC(=O)O. The minimum atomic E-state index is -0.880. The van der Waals surface area contributed by atoms with Crippen molar-refractivity contribution in [3.8, 4) is 0 Å². The summed E-state index contributed by atoms with van der Waals surface area (Å²) in [5.41, 5.74) is 0.887. The highest BCUT2D eigenvalue weighted by molar-refractivity contribution is 6.21. The molecule has 1 aromatic carbocycles. The van der Waals surface area contributed by atoms with Crippen LogP contribution in [0.3, 0.4) is 0 Å². The van der Waals surface area contributed by atoms with Crippen molar-refractivity contribution in [2.24, 2.45) is 0 Å². The van der Waals surface area contributed by atoms with Gasteiger partial charge in [-0.05, 0) is 32.4 Å². The molecule has 0 aliphatic carbocycles. The van der Waals surface area contributed by atoms with Crippen molar-refractivity contribution in [3.05, 3.63) is 35.4 Å². The van der Waals surface area contributed by atoms with E-state index in [4.69, 9.17) is 5.11 Å². The van der Waals surface area contributed by atoms with Crippen LogP contribution in [0.4, 0.5) is 0 Å². The van der Waals surface area contributed by atoms with E-state index in [1.54, 1.807) is 29.2 Å². The summed E-state index contributed by atoms with van der Waals surface area (Å²) >= 11 is 0. The molecule has 0 saturated carbocycles. The number of amides is 2. The fourth-order valence-electron chi connectivity index (χ4n) is 2.57. The molecule has 0 aromatic heterocycles. The van der Waals surface area contributed by atoms with Crippen LogP contribution in [0.15, 0.2) is 24.3 Å². The van der Waals surface area contributed by atoms with E-state index in [1.807, 2.05) is 13.8 Å². The van der Waals surface area contributed by atoms with Gasteiger partial charge in [0.05, 0.1) is 17.7 Å². The fraction of sp³-hybridized carbons (Fsp3) is 0.438. The van der Waals surface area contributed by atoms with Gasteiger partial charge in [0.1, 0.15) is 0 Å². The number of rotatable bonds is 7. The van der Waals surface area contributed by atoms with Crippen LogP contribution >= 0.6 is 0 Å². The number of aliphatic carboxylic acids is 1. The lowest BCUT2D eigenvalue weighted by Gasteiger charge is -2.25. The number of imide groups is 1. The molecule has 118 valence electrons. The van der Waals surface area contributed by atoms with E-state index in [0.717, 1.165) is 0 Å². The Bertz CT molecular complexity index is 563. The van der Waals surface area contributed by atoms with Crippen LogP contribution < -0.4 is 0 Å². The Morgan fingerprint density at radius 2 is 1.73 bits per heavy atom. The van der Waals surface area contributed by atoms with Gasteiger partial charge in [-0.1, -0.05) is 12.1 Å². The minimum Gasteiger partial charge on any atom is -0.480 e. The van der Waals surface area contributed by atoms with Crippen molar-refractivity contribution >= 4 is 17.8 Å². The van der Waals surface area contributed by atoms with E-state index < -0.39 is 5.97 Å². The predicted molar refractivity (Wildman–Crippen MR) is 80.8 cm³/mol. The molecule has 0 fully saturated rings. The second kappa shape index (κ2) is 6.70. The lowest BCUT2D eigenvalue weighted by atomic mass is 10.1. The lowest BCUT2D eigenvalue weighted by molar-refractivity contribution is -0.138. The molecule has 1 aliphatic rings. The number of hydrogen-bond donors (Lipinski definition) is 1.